The minimum atomic E-state index is -0.204. The summed E-state index contributed by atoms with van der Waals surface area (Å²) in [4.78, 5) is 22.3. The summed E-state index contributed by atoms with van der Waals surface area (Å²) in [5.74, 6) is 0.601. The molecule has 4 heterocycles. The smallest absolute Gasteiger partial charge is 0.274 e. The van der Waals surface area contributed by atoms with Crippen LogP contribution >= 0.6 is 13.5 Å². The molecule has 0 bridgehead atoms. The summed E-state index contributed by atoms with van der Waals surface area (Å²) in [5.41, 5.74) is 9.29. The van der Waals surface area contributed by atoms with Crippen molar-refractivity contribution in [3.05, 3.63) is 42.2 Å². The number of fused-ring (bicyclic) bond motifs is 1. The molecular formula is C23H31N7OS. The number of hydrogen-bond acceptors (Lipinski definition) is 6. The average molecular weight is 454 g/mol. The molecule has 0 saturated carbocycles. The van der Waals surface area contributed by atoms with Gasteiger partial charge in [0.05, 0.1) is 23.1 Å². The Morgan fingerprint density at radius 2 is 1.94 bits per heavy atom. The van der Waals surface area contributed by atoms with Crippen LogP contribution in [0, 0.1) is 0 Å². The normalized spacial score (nSPS) is 18.6. The standard InChI is InChI=1S/C23H29N7O.H2S/c1-28-20-13-19(21(12-16(20)14-25-28)29-9-3-2-4-10-29)27-23(31)18-6-5-7-22(26-18)30-11-8-17(24)15-30;/h5-7,12-14,17H,2-4,8-11,15,24H2,1H3,(H,27,31);1H2/t17-;/m0./s1. The molecule has 1 atom stereocenters. The summed E-state index contributed by atoms with van der Waals surface area (Å²) in [6, 6.07) is 9.91. The molecule has 0 spiro atoms. The number of hydrogen-bond donors (Lipinski definition) is 2. The number of carbonyl (C=O) groups is 1. The fraction of sp³-hybridized carbons (Fsp3) is 0.435. The van der Waals surface area contributed by atoms with Gasteiger partial charge < -0.3 is 20.9 Å². The molecule has 5 rings (SSSR count). The minimum Gasteiger partial charge on any atom is -0.370 e. The minimum absolute atomic E-state index is 0. The number of aromatic nitrogens is 3. The van der Waals surface area contributed by atoms with E-state index in [0.717, 1.165) is 60.7 Å². The second-order valence-electron chi connectivity index (χ2n) is 8.57. The molecule has 1 amide bonds. The molecule has 32 heavy (non-hydrogen) atoms. The number of nitrogens with two attached hydrogens (primary N) is 1. The summed E-state index contributed by atoms with van der Waals surface area (Å²) >= 11 is 0. The lowest BCUT2D eigenvalue weighted by molar-refractivity contribution is 0.102. The highest BCUT2D eigenvalue weighted by molar-refractivity contribution is 7.59. The number of aryl methyl sites for hydroxylation is 1. The molecule has 8 nitrogen and oxygen atoms in total. The summed E-state index contributed by atoms with van der Waals surface area (Å²) < 4.78 is 1.83. The van der Waals surface area contributed by atoms with Gasteiger partial charge in [-0.25, -0.2) is 4.98 Å². The molecule has 2 aliphatic rings. The van der Waals surface area contributed by atoms with Crippen LogP contribution < -0.4 is 20.9 Å². The van der Waals surface area contributed by atoms with Crippen LogP contribution in [-0.4, -0.2) is 52.9 Å². The van der Waals surface area contributed by atoms with Gasteiger partial charge in [-0.3, -0.25) is 9.48 Å². The zero-order chi connectivity index (χ0) is 21.4. The van der Waals surface area contributed by atoms with Crippen molar-refractivity contribution < 1.29 is 4.79 Å². The van der Waals surface area contributed by atoms with Crippen LogP contribution in [-0.2, 0) is 7.05 Å². The molecule has 2 saturated heterocycles. The van der Waals surface area contributed by atoms with E-state index < -0.39 is 0 Å². The van der Waals surface area contributed by atoms with Crippen molar-refractivity contribution >= 4 is 47.5 Å². The van der Waals surface area contributed by atoms with Crippen LogP contribution in [0.1, 0.15) is 36.2 Å². The molecule has 3 aromatic rings. The summed E-state index contributed by atoms with van der Waals surface area (Å²) in [5, 5.41) is 8.59. The number of benzene rings is 1. The third kappa shape index (κ3) is 4.40. The Morgan fingerprint density at radius 3 is 2.69 bits per heavy atom. The number of nitrogens with zero attached hydrogens (tertiary/aromatic N) is 5. The van der Waals surface area contributed by atoms with E-state index in [1.165, 1.54) is 19.3 Å². The van der Waals surface area contributed by atoms with Crippen molar-refractivity contribution in [2.45, 2.75) is 31.7 Å². The van der Waals surface area contributed by atoms with Crippen LogP contribution in [0.5, 0.6) is 0 Å². The molecule has 3 N–H and O–H groups in total. The van der Waals surface area contributed by atoms with E-state index in [1.807, 2.05) is 36.1 Å². The van der Waals surface area contributed by atoms with E-state index in [-0.39, 0.29) is 25.4 Å². The van der Waals surface area contributed by atoms with Crippen molar-refractivity contribution in [1.82, 2.24) is 14.8 Å². The van der Waals surface area contributed by atoms with E-state index in [0.29, 0.717) is 5.69 Å². The zero-order valence-electron chi connectivity index (χ0n) is 18.4. The SMILES string of the molecule is Cn1ncc2cc(N3CCCCC3)c(NC(=O)c3cccc(N4CC[C@H](N)C4)n3)cc21.S. The Labute approximate surface area is 195 Å². The first-order valence-corrected chi connectivity index (χ1v) is 11.1. The maximum Gasteiger partial charge on any atom is 0.274 e. The lowest BCUT2D eigenvalue weighted by Gasteiger charge is -2.30. The van der Waals surface area contributed by atoms with E-state index in [4.69, 9.17) is 5.73 Å². The van der Waals surface area contributed by atoms with Gasteiger partial charge in [0, 0.05) is 44.7 Å². The van der Waals surface area contributed by atoms with Gasteiger partial charge in [-0.2, -0.15) is 18.6 Å². The van der Waals surface area contributed by atoms with Gasteiger partial charge in [0.15, 0.2) is 0 Å². The van der Waals surface area contributed by atoms with Crippen LogP contribution in [0.4, 0.5) is 17.2 Å². The molecule has 2 aromatic heterocycles. The molecule has 1 aromatic carbocycles. The van der Waals surface area contributed by atoms with Gasteiger partial charge in [-0.1, -0.05) is 6.07 Å². The first kappa shape index (κ1) is 22.4. The van der Waals surface area contributed by atoms with Crippen molar-refractivity contribution in [2.24, 2.45) is 12.8 Å². The number of amides is 1. The second kappa shape index (κ2) is 9.38. The Balaban J connectivity index is 0.00000245. The van der Waals surface area contributed by atoms with Gasteiger partial charge in [0.25, 0.3) is 5.91 Å². The van der Waals surface area contributed by atoms with E-state index >= 15 is 0 Å². The highest BCUT2D eigenvalue weighted by atomic mass is 32.1. The largest absolute Gasteiger partial charge is 0.370 e. The van der Waals surface area contributed by atoms with Gasteiger partial charge in [0.1, 0.15) is 11.5 Å². The van der Waals surface area contributed by atoms with Crippen molar-refractivity contribution in [3.8, 4) is 0 Å². The first-order chi connectivity index (χ1) is 15.1. The summed E-state index contributed by atoms with van der Waals surface area (Å²) in [6.07, 6.45) is 6.41. The van der Waals surface area contributed by atoms with Gasteiger partial charge in [-0.15, -0.1) is 0 Å². The zero-order valence-corrected chi connectivity index (χ0v) is 19.4. The van der Waals surface area contributed by atoms with Gasteiger partial charge in [0.2, 0.25) is 0 Å². The van der Waals surface area contributed by atoms with Crippen LogP contribution in [0.25, 0.3) is 10.9 Å². The highest BCUT2D eigenvalue weighted by Gasteiger charge is 2.22. The average Bonchev–Trinajstić information content (AvgIpc) is 3.39. The Morgan fingerprint density at radius 1 is 1.12 bits per heavy atom. The quantitative estimate of drug-likeness (QED) is 0.631. The van der Waals surface area contributed by atoms with Crippen molar-refractivity contribution in [3.63, 3.8) is 0 Å². The third-order valence-electron chi connectivity index (χ3n) is 6.32. The van der Waals surface area contributed by atoms with Crippen molar-refractivity contribution in [1.29, 1.82) is 0 Å². The molecule has 0 aliphatic carbocycles. The van der Waals surface area contributed by atoms with E-state index in [1.54, 1.807) is 6.07 Å². The predicted octanol–water partition coefficient (Wildman–Crippen LogP) is 2.86. The first-order valence-electron chi connectivity index (χ1n) is 11.1. The monoisotopic (exact) mass is 453 g/mol. The lowest BCUT2D eigenvalue weighted by atomic mass is 10.1. The van der Waals surface area contributed by atoms with Crippen LogP contribution in [0.2, 0.25) is 0 Å². The summed E-state index contributed by atoms with van der Waals surface area (Å²) in [6.45, 7) is 3.64. The highest BCUT2D eigenvalue weighted by Crippen LogP contribution is 2.33. The van der Waals surface area contributed by atoms with Crippen molar-refractivity contribution in [2.75, 3.05) is 41.3 Å². The number of pyridine rings is 1. The Bertz CT molecular complexity index is 1110. The number of nitrogens with one attached hydrogen (secondary N) is 1. The maximum absolute atomic E-state index is 13.2. The molecule has 2 aliphatic heterocycles. The van der Waals surface area contributed by atoms with Gasteiger partial charge >= 0.3 is 0 Å². The van der Waals surface area contributed by atoms with E-state index in [9.17, 15) is 4.79 Å². The Kier molecular flexibility index (Phi) is 6.57. The van der Waals surface area contributed by atoms with Crippen LogP contribution in [0.3, 0.4) is 0 Å². The fourth-order valence-corrected chi connectivity index (χ4v) is 4.59. The summed E-state index contributed by atoms with van der Waals surface area (Å²) in [7, 11) is 1.92. The molecule has 0 radical (unpaired) electrons. The number of rotatable bonds is 4. The topological polar surface area (TPSA) is 92.3 Å². The van der Waals surface area contributed by atoms with Crippen LogP contribution in [0.15, 0.2) is 36.5 Å². The molecule has 2 fully saturated rings. The number of carbonyl (C=O) groups excluding carboxylic acids is 1. The number of anilines is 3. The second-order valence-corrected chi connectivity index (χ2v) is 8.57. The molecular weight excluding hydrogens is 422 g/mol. The number of piperidine rings is 1. The van der Waals surface area contributed by atoms with Gasteiger partial charge in [-0.05, 0) is 49.9 Å². The Hall–Kier alpha value is -2.78. The lowest BCUT2D eigenvalue weighted by Crippen LogP contribution is -2.30. The maximum atomic E-state index is 13.2. The predicted molar refractivity (Wildman–Crippen MR) is 134 cm³/mol. The fourth-order valence-electron chi connectivity index (χ4n) is 4.59. The van der Waals surface area contributed by atoms with E-state index in [2.05, 4.69) is 31.3 Å². The molecule has 9 heteroatoms. The molecule has 0 unspecified atom stereocenters. The molecule has 170 valence electrons. The third-order valence-corrected chi connectivity index (χ3v) is 6.32.